The van der Waals surface area contributed by atoms with Crippen molar-refractivity contribution in [3.63, 3.8) is 0 Å². The Kier molecular flexibility index (Phi) is 4.62. The Morgan fingerprint density at radius 3 is 2.92 bits per heavy atom. The van der Waals surface area contributed by atoms with E-state index in [2.05, 4.69) is 12.8 Å². The standard InChI is InChI=1S/C11H17ClO/c1-3-6-13-8-10-4-5-11(12)7-9(10)2/h1,9-11H,4-8H2,2H3. The van der Waals surface area contributed by atoms with Gasteiger partial charge in [0.1, 0.15) is 6.61 Å². The van der Waals surface area contributed by atoms with Crippen molar-refractivity contribution in [2.24, 2.45) is 11.8 Å². The Labute approximate surface area is 85.8 Å². The third-order valence-corrected chi connectivity index (χ3v) is 3.20. The van der Waals surface area contributed by atoms with E-state index >= 15 is 0 Å². The number of halogens is 1. The number of ether oxygens (including phenoxy) is 1. The smallest absolute Gasteiger partial charge is 0.107 e. The van der Waals surface area contributed by atoms with Crippen LogP contribution in [0.2, 0.25) is 0 Å². The molecule has 0 aromatic carbocycles. The molecule has 0 amide bonds. The van der Waals surface area contributed by atoms with Crippen molar-refractivity contribution in [3.05, 3.63) is 0 Å². The van der Waals surface area contributed by atoms with Crippen molar-refractivity contribution in [1.82, 2.24) is 0 Å². The van der Waals surface area contributed by atoms with E-state index in [-0.39, 0.29) is 0 Å². The number of terminal acetylenes is 1. The monoisotopic (exact) mass is 200 g/mol. The average molecular weight is 201 g/mol. The predicted octanol–water partition coefficient (Wildman–Crippen LogP) is 2.68. The molecule has 0 radical (unpaired) electrons. The van der Waals surface area contributed by atoms with E-state index in [9.17, 15) is 0 Å². The largest absolute Gasteiger partial charge is 0.368 e. The highest BCUT2D eigenvalue weighted by Gasteiger charge is 2.26. The van der Waals surface area contributed by atoms with Gasteiger partial charge in [0.15, 0.2) is 0 Å². The van der Waals surface area contributed by atoms with Crippen LogP contribution in [0.5, 0.6) is 0 Å². The molecule has 13 heavy (non-hydrogen) atoms. The van der Waals surface area contributed by atoms with Gasteiger partial charge >= 0.3 is 0 Å². The van der Waals surface area contributed by atoms with Crippen LogP contribution < -0.4 is 0 Å². The zero-order valence-electron chi connectivity index (χ0n) is 8.13. The average Bonchev–Trinajstić information content (AvgIpc) is 2.09. The molecule has 1 saturated carbocycles. The molecule has 1 aliphatic rings. The van der Waals surface area contributed by atoms with Gasteiger partial charge in [-0.05, 0) is 31.1 Å². The van der Waals surface area contributed by atoms with Crippen LogP contribution in [0.4, 0.5) is 0 Å². The van der Waals surface area contributed by atoms with Gasteiger partial charge in [-0.3, -0.25) is 0 Å². The van der Waals surface area contributed by atoms with E-state index < -0.39 is 0 Å². The molecule has 0 saturated heterocycles. The van der Waals surface area contributed by atoms with Crippen molar-refractivity contribution in [2.75, 3.05) is 13.2 Å². The van der Waals surface area contributed by atoms with Crippen molar-refractivity contribution < 1.29 is 4.74 Å². The fourth-order valence-corrected chi connectivity index (χ4v) is 2.32. The second-order valence-electron chi connectivity index (χ2n) is 3.87. The van der Waals surface area contributed by atoms with Gasteiger partial charge in [-0.15, -0.1) is 18.0 Å². The summed E-state index contributed by atoms with van der Waals surface area (Å²) in [5.74, 6) is 3.81. The molecule has 1 aliphatic carbocycles. The molecular weight excluding hydrogens is 184 g/mol. The third-order valence-electron chi connectivity index (χ3n) is 2.80. The van der Waals surface area contributed by atoms with Crippen LogP contribution >= 0.6 is 11.6 Å². The first kappa shape index (κ1) is 10.9. The minimum Gasteiger partial charge on any atom is -0.368 e. The number of alkyl halides is 1. The molecule has 1 fully saturated rings. The van der Waals surface area contributed by atoms with Crippen molar-refractivity contribution in [1.29, 1.82) is 0 Å². The summed E-state index contributed by atoms with van der Waals surface area (Å²) in [5, 5.41) is 0.374. The van der Waals surface area contributed by atoms with E-state index in [1.807, 2.05) is 0 Å². The lowest BCUT2D eigenvalue weighted by Crippen LogP contribution is -2.26. The fraction of sp³-hybridized carbons (Fsp3) is 0.818. The molecular formula is C11H17ClO. The van der Waals surface area contributed by atoms with E-state index in [1.165, 1.54) is 6.42 Å². The SMILES string of the molecule is C#CCOCC1CCC(Cl)CC1C. The van der Waals surface area contributed by atoms with Crippen LogP contribution in [-0.4, -0.2) is 18.6 Å². The van der Waals surface area contributed by atoms with Crippen LogP contribution in [0, 0.1) is 24.2 Å². The Morgan fingerprint density at radius 1 is 1.54 bits per heavy atom. The van der Waals surface area contributed by atoms with Gasteiger partial charge in [-0.1, -0.05) is 12.8 Å². The van der Waals surface area contributed by atoms with E-state index in [0.717, 1.165) is 19.4 Å². The molecule has 0 aliphatic heterocycles. The maximum atomic E-state index is 6.06. The van der Waals surface area contributed by atoms with Crippen LogP contribution in [0.3, 0.4) is 0 Å². The Bertz CT molecular complexity index is 185. The predicted molar refractivity (Wildman–Crippen MR) is 55.8 cm³/mol. The second kappa shape index (κ2) is 5.52. The van der Waals surface area contributed by atoms with E-state index in [1.54, 1.807) is 0 Å². The first-order valence-corrected chi connectivity index (χ1v) is 5.33. The summed E-state index contributed by atoms with van der Waals surface area (Å²) in [6, 6.07) is 0. The maximum absolute atomic E-state index is 6.06. The van der Waals surface area contributed by atoms with Crippen LogP contribution in [0.25, 0.3) is 0 Å². The molecule has 0 spiro atoms. The van der Waals surface area contributed by atoms with Gasteiger partial charge in [0.2, 0.25) is 0 Å². The van der Waals surface area contributed by atoms with Gasteiger partial charge in [-0.25, -0.2) is 0 Å². The fourth-order valence-electron chi connectivity index (χ4n) is 1.91. The maximum Gasteiger partial charge on any atom is 0.107 e. The van der Waals surface area contributed by atoms with Gasteiger partial charge in [-0.2, -0.15) is 0 Å². The normalized spacial score (nSPS) is 34.1. The molecule has 2 heteroatoms. The van der Waals surface area contributed by atoms with Gasteiger partial charge in [0.25, 0.3) is 0 Å². The number of rotatable bonds is 3. The summed E-state index contributed by atoms with van der Waals surface area (Å²) >= 11 is 6.06. The first-order chi connectivity index (χ1) is 6.24. The van der Waals surface area contributed by atoms with Gasteiger partial charge < -0.3 is 4.74 Å². The quantitative estimate of drug-likeness (QED) is 0.387. The summed E-state index contributed by atoms with van der Waals surface area (Å²) in [5.41, 5.74) is 0. The molecule has 3 unspecified atom stereocenters. The molecule has 3 atom stereocenters. The minimum atomic E-state index is 0.374. The molecule has 0 bridgehead atoms. The Morgan fingerprint density at radius 2 is 2.31 bits per heavy atom. The molecule has 0 aromatic heterocycles. The number of hydrogen-bond donors (Lipinski definition) is 0. The molecule has 1 nitrogen and oxygen atoms in total. The van der Waals surface area contributed by atoms with Crippen LogP contribution in [0.15, 0.2) is 0 Å². The highest BCUT2D eigenvalue weighted by atomic mass is 35.5. The highest BCUT2D eigenvalue weighted by molar-refractivity contribution is 6.20. The van der Waals surface area contributed by atoms with Crippen LogP contribution in [-0.2, 0) is 4.74 Å². The number of hydrogen-bond acceptors (Lipinski definition) is 1. The molecule has 0 aromatic rings. The van der Waals surface area contributed by atoms with Gasteiger partial charge in [0.05, 0.1) is 6.61 Å². The molecule has 0 heterocycles. The lowest BCUT2D eigenvalue weighted by Gasteiger charge is -2.31. The summed E-state index contributed by atoms with van der Waals surface area (Å²) in [6.45, 7) is 3.49. The van der Waals surface area contributed by atoms with Crippen LogP contribution in [0.1, 0.15) is 26.2 Å². The summed E-state index contributed by atoms with van der Waals surface area (Å²) in [4.78, 5) is 0. The Balaban J connectivity index is 2.22. The second-order valence-corrected chi connectivity index (χ2v) is 4.48. The van der Waals surface area contributed by atoms with Crippen molar-refractivity contribution in [2.45, 2.75) is 31.6 Å². The lowest BCUT2D eigenvalue weighted by molar-refractivity contribution is 0.0838. The van der Waals surface area contributed by atoms with Crippen molar-refractivity contribution >= 4 is 11.6 Å². The lowest BCUT2D eigenvalue weighted by atomic mass is 9.81. The van der Waals surface area contributed by atoms with Crippen molar-refractivity contribution in [3.8, 4) is 12.3 Å². The Hall–Kier alpha value is -0.190. The molecule has 74 valence electrons. The summed E-state index contributed by atoms with van der Waals surface area (Å²) in [7, 11) is 0. The van der Waals surface area contributed by atoms with E-state index in [0.29, 0.717) is 23.8 Å². The molecule has 0 N–H and O–H groups in total. The van der Waals surface area contributed by atoms with E-state index in [4.69, 9.17) is 22.8 Å². The summed E-state index contributed by atoms with van der Waals surface area (Å²) < 4.78 is 5.35. The zero-order valence-corrected chi connectivity index (χ0v) is 8.89. The summed E-state index contributed by atoms with van der Waals surface area (Å²) in [6.07, 6.45) is 8.52. The zero-order chi connectivity index (χ0) is 9.68. The first-order valence-electron chi connectivity index (χ1n) is 4.89. The third kappa shape index (κ3) is 3.58. The minimum absolute atomic E-state index is 0.374. The highest BCUT2D eigenvalue weighted by Crippen LogP contribution is 2.32. The molecule has 1 rings (SSSR count). The van der Waals surface area contributed by atoms with Gasteiger partial charge in [0, 0.05) is 5.38 Å². The topological polar surface area (TPSA) is 9.23 Å².